The van der Waals surface area contributed by atoms with Gasteiger partial charge in [0, 0.05) is 11.8 Å². The number of rotatable bonds is 6. The van der Waals surface area contributed by atoms with Crippen molar-refractivity contribution in [2.45, 2.75) is 0 Å². The van der Waals surface area contributed by atoms with Crippen LogP contribution in [0.3, 0.4) is 0 Å². The second-order valence-electron chi connectivity index (χ2n) is 5.09. The van der Waals surface area contributed by atoms with E-state index in [1.807, 2.05) is 30.3 Å². The number of para-hydroxylation sites is 2. The third-order valence-electron chi connectivity index (χ3n) is 3.46. The summed E-state index contributed by atoms with van der Waals surface area (Å²) in [6, 6.07) is 14.8. The summed E-state index contributed by atoms with van der Waals surface area (Å²) in [5.74, 6) is 2.63. The number of anilines is 4. The van der Waals surface area contributed by atoms with E-state index in [9.17, 15) is 0 Å². The molecule has 0 unspecified atom stereocenters. The van der Waals surface area contributed by atoms with E-state index in [-0.39, 0.29) is 0 Å². The van der Waals surface area contributed by atoms with Gasteiger partial charge in [-0.3, -0.25) is 0 Å². The Morgan fingerprint density at radius 3 is 2.28 bits per heavy atom. The van der Waals surface area contributed by atoms with E-state index in [0.29, 0.717) is 22.4 Å². The maximum Gasteiger partial charge on any atom is 0.142 e. The standard InChI is InChI=1S/C18H17ClN4O2/c1-24-15-8-7-12(9-13(15)19)22-17-10-18(21-11-20-17)23-14-5-3-4-6-16(14)25-2/h3-11H,1-2H3,(H2,20,21,22,23). The fourth-order valence-corrected chi connectivity index (χ4v) is 2.53. The van der Waals surface area contributed by atoms with Crippen LogP contribution in [0.4, 0.5) is 23.0 Å². The van der Waals surface area contributed by atoms with Crippen molar-refractivity contribution in [3.63, 3.8) is 0 Å². The van der Waals surface area contributed by atoms with Gasteiger partial charge in [0.25, 0.3) is 0 Å². The van der Waals surface area contributed by atoms with Crippen LogP contribution in [-0.2, 0) is 0 Å². The SMILES string of the molecule is COc1ccc(Nc2cc(Nc3ccccc3OC)ncn2)cc1Cl. The number of halogens is 1. The number of nitrogens with one attached hydrogen (secondary N) is 2. The van der Waals surface area contributed by atoms with Crippen molar-refractivity contribution in [2.75, 3.05) is 24.9 Å². The van der Waals surface area contributed by atoms with Gasteiger partial charge in [-0.1, -0.05) is 23.7 Å². The molecule has 7 heteroatoms. The van der Waals surface area contributed by atoms with Gasteiger partial charge in [0.15, 0.2) is 0 Å². The van der Waals surface area contributed by atoms with E-state index in [0.717, 1.165) is 17.1 Å². The molecule has 0 aliphatic heterocycles. The maximum atomic E-state index is 6.14. The molecule has 3 aromatic rings. The highest BCUT2D eigenvalue weighted by Crippen LogP contribution is 2.30. The zero-order valence-corrected chi connectivity index (χ0v) is 14.5. The van der Waals surface area contributed by atoms with E-state index in [4.69, 9.17) is 21.1 Å². The zero-order chi connectivity index (χ0) is 17.6. The second kappa shape index (κ2) is 7.72. The lowest BCUT2D eigenvalue weighted by Crippen LogP contribution is -2.00. The molecule has 0 atom stereocenters. The molecule has 1 heterocycles. The summed E-state index contributed by atoms with van der Waals surface area (Å²) in [5.41, 5.74) is 1.62. The summed E-state index contributed by atoms with van der Waals surface area (Å²) in [6.45, 7) is 0. The Hall–Kier alpha value is -2.99. The first kappa shape index (κ1) is 16.9. The first-order valence-corrected chi connectivity index (χ1v) is 7.90. The molecule has 0 amide bonds. The minimum Gasteiger partial charge on any atom is -0.495 e. The molecule has 0 radical (unpaired) electrons. The fraction of sp³-hybridized carbons (Fsp3) is 0.111. The van der Waals surface area contributed by atoms with Crippen molar-refractivity contribution >= 4 is 34.6 Å². The van der Waals surface area contributed by atoms with Crippen LogP contribution in [0.25, 0.3) is 0 Å². The molecule has 0 aliphatic rings. The Morgan fingerprint density at radius 1 is 0.840 bits per heavy atom. The number of hydrogen-bond acceptors (Lipinski definition) is 6. The molecule has 0 bridgehead atoms. The van der Waals surface area contributed by atoms with E-state index in [1.54, 1.807) is 32.4 Å². The normalized spacial score (nSPS) is 10.2. The largest absolute Gasteiger partial charge is 0.495 e. The quantitative estimate of drug-likeness (QED) is 0.671. The van der Waals surface area contributed by atoms with Crippen molar-refractivity contribution < 1.29 is 9.47 Å². The monoisotopic (exact) mass is 356 g/mol. The molecule has 2 aromatic carbocycles. The third kappa shape index (κ3) is 4.10. The van der Waals surface area contributed by atoms with Crippen LogP contribution in [0, 0.1) is 0 Å². The summed E-state index contributed by atoms with van der Waals surface area (Å²) < 4.78 is 10.5. The lowest BCUT2D eigenvalue weighted by atomic mass is 10.3. The van der Waals surface area contributed by atoms with Gasteiger partial charge in [0.05, 0.1) is 24.9 Å². The molecular formula is C18H17ClN4O2. The molecular weight excluding hydrogens is 340 g/mol. The number of ether oxygens (including phenoxy) is 2. The topological polar surface area (TPSA) is 68.3 Å². The van der Waals surface area contributed by atoms with Gasteiger partial charge in [0.2, 0.25) is 0 Å². The predicted molar refractivity (Wildman–Crippen MR) is 99.6 cm³/mol. The molecule has 0 aliphatic carbocycles. The van der Waals surface area contributed by atoms with Crippen molar-refractivity contribution in [2.24, 2.45) is 0 Å². The Labute approximate surface area is 150 Å². The minimum absolute atomic E-state index is 0.522. The van der Waals surface area contributed by atoms with Crippen molar-refractivity contribution in [1.82, 2.24) is 9.97 Å². The average Bonchev–Trinajstić information content (AvgIpc) is 2.63. The van der Waals surface area contributed by atoms with Gasteiger partial charge < -0.3 is 20.1 Å². The second-order valence-corrected chi connectivity index (χ2v) is 5.50. The Bertz CT molecular complexity index is 873. The first-order chi connectivity index (χ1) is 12.2. The lowest BCUT2D eigenvalue weighted by molar-refractivity contribution is 0.415. The van der Waals surface area contributed by atoms with E-state index >= 15 is 0 Å². The summed E-state index contributed by atoms with van der Waals surface area (Å²) in [6.07, 6.45) is 1.48. The number of methoxy groups -OCH3 is 2. The van der Waals surface area contributed by atoms with Crippen LogP contribution in [0.5, 0.6) is 11.5 Å². The van der Waals surface area contributed by atoms with Crippen molar-refractivity contribution in [3.05, 3.63) is 59.9 Å². The maximum absolute atomic E-state index is 6.14. The molecule has 6 nitrogen and oxygen atoms in total. The molecule has 0 saturated heterocycles. The number of benzene rings is 2. The van der Waals surface area contributed by atoms with Crippen LogP contribution < -0.4 is 20.1 Å². The van der Waals surface area contributed by atoms with Gasteiger partial charge in [-0.15, -0.1) is 0 Å². The fourth-order valence-electron chi connectivity index (χ4n) is 2.27. The van der Waals surface area contributed by atoms with Gasteiger partial charge >= 0.3 is 0 Å². The summed E-state index contributed by atoms with van der Waals surface area (Å²) in [4.78, 5) is 8.46. The smallest absolute Gasteiger partial charge is 0.142 e. The van der Waals surface area contributed by atoms with Gasteiger partial charge in [-0.2, -0.15) is 0 Å². The summed E-state index contributed by atoms with van der Waals surface area (Å²) >= 11 is 6.14. The molecule has 1 aromatic heterocycles. The highest BCUT2D eigenvalue weighted by molar-refractivity contribution is 6.32. The van der Waals surface area contributed by atoms with Crippen molar-refractivity contribution in [1.29, 1.82) is 0 Å². The number of aromatic nitrogens is 2. The first-order valence-electron chi connectivity index (χ1n) is 7.52. The molecule has 3 rings (SSSR count). The predicted octanol–water partition coefficient (Wildman–Crippen LogP) is 4.63. The van der Waals surface area contributed by atoms with Crippen molar-refractivity contribution in [3.8, 4) is 11.5 Å². The Kier molecular flexibility index (Phi) is 5.20. The molecule has 0 fully saturated rings. The third-order valence-corrected chi connectivity index (χ3v) is 3.76. The van der Waals surface area contributed by atoms with Crippen LogP contribution >= 0.6 is 11.6 Å². The summed E-state index contributed by atoms with van der Waals surface area (Å²) in [5, 5.41) is 6.93. The molecule has 2 N–H and O–H groups in total. The van der Waals surface area contributed by atoms with Crippen LogP contribution in [-0.4, -0.2) is 24.2 Å². The van der Waals surface area contributed by atoms with Crippen LogP contribution in [0.1, 0.15) is 0 Å². The Balaban J connectivity index is 1.78. The van der Waals surface area contributed by atoms with Gasteiger partial charge in [-0.05, 0) is 30.3 Å². The van der Waals surface area contributed by atoms with Gasteiger partial charge in [-0.25, -0.2) is 9.97 Å². The van der Waals surface area contributed by atoms with E-state index < -0.39 is 0 Å². The van der Waals surface area contributed by atoms with E-state index in [2.05, 4.69) is 20.6 Å². The lowest BCUT2D eigenvalue weighted by Gasteiger charge is -2.12. The summed E-state index contributed by atoms with van der Waals surface area (Å²) in [7, 11) is 3.20. The average molecular weight is 357 g/mol. The van der Waals surface area contributed by atoms with E-state index in [1.165, 1.54) is 6.33 Å². The molecule has 0 spiro atoms. The zero-order valence-electron chi connectivity index (χ0n) is 13.8. The highest BCUT2D eigenvalue weighted by Gasteiger charge is 2.06. The molecule has 0 saturated carbocycles. The minimum atomic E-state index is 0.522. The van der Waals surface area contributed by atoms with Gasteiger partial charge in [0.1, 0.15) is 29.5 Å². The molecule has 25 heavy (non-hydrogen) atoms. The number of nitrogens with zero attached hydrogens (tertiary/aromatic N) is 2. The number of hydrogen-bond donors (Lipinski definition) is 2. The van der Waals surface area contributed by atoms with Crippen LogP contribution in [0.2, 0.25) is 5.02 Å². The molecule has 128 valence electrons. The highest BCUT2D eigenvalue weighted by atomic mass is 35.5. The van der Waals surface area contributed by atoms with Crippen LogP contribution in [0.15, 0.2) is 54.9 Å². The Morgan fingerprint density at radius 2 is 1.56 bits per heavy atom.